The second-order valence-electron chi connectivity index (χ2n) is 5.33. The Hall–Kier alpha value is -3.12. The Morgan fingerprint density at radius 2 is 1.68 bits per heavy atom. The molecule has 1 heterocycles. The normalized spacial score (nSPS) is 10.2. The quantitative estimate of drug-likeness (QED) is 0.614. The molecule has 0 saturated heterocycles. The number of carbonyl (C=O) groups is 2. The molecule has 2 amide bonds. The van der Waals surface area contributed by atoms with Gasteiger partial charge in [0.2, 0.25) is 0 Å². The number of hydrogen-bond donors (Lipinski definition) is 3. The first-order chi connectivity index (χ1) is 12.1. The number of nitrogens with one attached hydrogen (secondary N) is 2. The number of thiophene rings is 1. The van der Waals surface area contributed by atoms with E-state index in [0.717, 1.165) is 5.56 Å². The lowest BCUT2D eigenvalue weighted by Crippen LogP contribution is -2.21. The first-order valence-electron chi connectivity index (χ1n) is 7.63. The minimum atomic E-state index is -0.310. The molecule has 3 rings (SSSR count). The molecule has 0 aliphatic carbocycles. The maximum absolute atomic E-state index is 12.2. The van der Waals surface area contributed by atoms with Gasteiger partial charge in [0.15, 0.2) is 0 Å². The molecule has 2 aromatic carbocycles. The zero-order valence-corrected chi connectivity index (χ0v) is 14.0. The molecule has 5 nitrogen and oxygen atoms in total. The Morgan fingerprint density at radius 3 is 2.36 bits per heavy atom. The fraction of sp³-hybridized carbons (Fsp3) is 0.0526. The minimum absolute atomic E-state index is 0.0174. The molecule has 0 bridgehead atoms. The van der Waals surface area contributed by atoms with Crippen molar-refractivity contribution in [3.8, 4) is 5.75 Å². The Morgan fingerprint density at radius 1 is 0.920 bits per heavy atom. The molecule has 0 aliphatic rings. The molecule has 0 atom stereocenters. The second kappa shape index (κ2) is 7.63. The van der Waals surface area contributed by atoms with Gasteiger partial charge in [0.05, 0.1) is 10.6 Å². The topological polar surface area (TPSA) is 78.4 Å². The van der Waals surface area contributed by atoms with Gasteiger partial charge in [0.1, 0.15) is 5.75 Å². The summed E-state index contributed by atoms with van der Waals surface area (Å²) >= 11 is 1.39. The number of anilines is 1. The van der Waals surface area contributed by atoms with Gasteiger partial charge in [-0.05, 0) is 41.3 Å². The van der Waals surface area contributed by atoms with Crippen LogP contribution in [-0.4, -0.2) is 16.9 Å². The first-order valence-corrected chi connectivity index (χ1v) is 8.51. The molecule has 0 radical (unpaired) electrons. The van der Waals surface area contributed by atoms with E-state index in [4.69, 9.17) is 0 Å². The van der Waals surface area contributed by atoms with E-state index in [1.54, 1.807) is 48.5 Å². The van der Waals surface area contributed by atoms with Gasteiger partial charge in [0.25, 0.3) is 11.8 Å². The maximum atomic E-state index is 12.2. The molecule has 0 spiro atoms. The predicted octanol–water partition coefficient (Wildman–Crippen LogP) is 3.64. The smallest absolute Gasteiger partial charge is 0.261 e. The fourth-order valence-corrected chi connectivity index (χ4v) is 2.87. The summed E-state index contributed by atoms with van der Waals surface area (Å²) in [6.45, 7) is 0.387. The van der Waals surface area contributed by atoms with Gasteiger partial charge in [-0.25, -0.2) is 0 Å². The van der Waals surface area contributed by atoms with Crippen LogP contribution in [0.1, 0.15) is 25.6 Å². The molecule has 25 heavy (non-hydrogen) atoms. The zero-order valence-electron chi connectivity index (χ0n) is 13.2. The average Bonchev–Trinajstić information content (AvgIpc) is 3.17. The van der Waals surface area contributed by atoms with Gasteiger partial charge >= 0.3 is 0 Å². The van der Waals surface area contributed by atoms with Crippen LogP contribution in [0.4, 0.5) is 5.69 Å². The fourth-order valence-electron chi connectivity index (χ4n) is 2.23. The molecule has 0 fully saturated rings. The number of amides is 2. The van der Waals surface area contributed by atoms with Gasteiger partial charge in [-0.2, -0.15) is 0 Å². The van der Waals surface area contributed by atoms with Gasteiger partial charge in [0, 0.05) is 12.1 Å². The molecular formula is C19H16N2O3S. The van der Waals surface area contributed by atoms with Gasteiger partial charge in [-0.1, -0.05) is 30.3 Å². The molecule has 0 saturated carbocycles. The van der Waals surface area contributed by atoms with Crippen molar-refractivity contribution in [2.75, 3.05) is 5.32 Å². The van der Waals surface area contributed by atoms with E-state index in [1.807, 2.05) is 11.4 Å². The van der Waals surface area contributed by atoms with Crippen molar-refractivity contribution in [3.05, 3.63) is 82.0 Å². The van der Waals surface area contributed by atoms with Crippen molar-refractivity contribution in [2.24, 2.45) is 0 Å². The number of rotatable bonds is 5. The Labute approximate surface area is 148 Å². The van der Waals surface area contributed by atoms with E-state index in [2.05, 4.69) is 10.6 Å². The predicted molar refractivity (Wildman–Crippen MR) is 98.0 cm³/mol. The molecule has 0 unspecified atom stereocenters. The third-order valence-corrected chi connectivity index (χ3v) is 4.44. The summed E-state index contributed by atoms with van der Waals surface area (Å²) in [7, 11) is 0. The molecule has 1 aromatic heterocycles. The van der Waals surface area contributed by atoms with E-state index in [1.165, 1.54) is 17.4 Å². The van der Waals surface area contributed by atoms with Crippen LogP contribution in [0.3, 0.4) is 0 Å². The number of benzene rings is 2. The Bertz CT molecular complexity index is 874. The first kappa shape index (κ1) is 16.7. The van der Waals surface area contributed by atoms with Crippen LogP contribution in [0.15, 0.2) is 66.0 Å². The van der Waals surface area contributed by atoms with Crippen molar-refractivity contribution in [1.82, 2.24) is 5.32 Å². The molecule has 6 heteroatoms. The summed E-state index contributed by atoms with van der Waals surface area (Å²) in [6, 6.07) is 17.1. The summed E-state index contributed by atoms with van der Waals surface area (Å²) in [6.07, 6.45) is 0. The monoisotopic (exact) mass is 352 g/mol. The number of phenols is 1. The van der Waals surface area contributed by atoms with Gasteiger partial charge < -0.3 is 15.7 Å². The largest absolute Gasteiger partial charge is 0.506 e. The van der Waals surface area contributed by atoms with Crippen LogP contribution in [0.25, 0.3) is 0 Å². The summed E-state index contributed by atoms with van der Waals surface area (Å²) < 4.78 is 0. The van der Waals surface area contributed by atoms with Crippen molar-refractivity contribution in [3.63, 3.8) is 0 Å². The van der Waals surface area contributed by atoms with Gasteiger partial charge in [-0.15, -0.1) is 11.3 Å². The van der Waals surface area contributed by atoms with E-state index < -0.39 is 0 Å². The molecule has 3 N–H and O–H groups in total. The molecular weight excluding hydrogens is 336 g/mol. The van der Waals surface area contributed by atoms with E-state index >= 15 is 0 Å². The standard InChI is InChI=1S/C19H16N2O3S/c22-16-5-2-1-4-15(16)21-18(23)14-9-7-13(8-10-14)12-20-19(24)17-6-3-11-25-17/h1-11,22H,12H2,(H,20,24)(H,21,23). The van der Waals surface area contributed by atoms with Crippen LogP contribution >= 0.6 is 11.3 Å². The molecule has 0 aliphatic heterocycles. The number of hydrogen-bond acceptors (Lipinski definition) is 4. The zero-order chi connectivity index (χ0) is 17.6. The van der Waals surface area contributed by atoms with Gasteiger partial charge in [-0.3, -0.25) is 9.59 Å². The number of para-hydroxylation sites is 2. The summed E-state index contributed by atoms with van der Waals surface area (Å²) in [5, 5.41) is 17.0. The number of carbonyl (C=O) groups excluding carboxylic acids is 2. The number of phenolic OH excluding ortho intramolecular Hbond substituents is 1. The van der Waals surface area contributed by atoms with Crippen molar-refractivity contribution in [1.29, 1.82) is 0 Å². The highest BCUT2D eigenvalue weighted by Gasteiger charge is 2.09. The second-order valence-corrected chi connectivity index (χ2v) is 6.28. The van der Waals surface area contributed by atoms with E-state index in [9.17, 15) is 14.7 Å². The lowest BCUT2D eigenvalue weighted by molar-refractivity contribution is 0.0953. The highest BCUT2D eigenvalue weighted by atomic mass is 32.1. The van der Waals surface area contributed by atoms with Crippen molar-refractivity contribution < 1.29 is 14.7 Å². The van der Waals surface area contributed by atoms with Crippen LogP contribution in [0.5, 0.6) is 5.75 Å². The Balaban J connectivity index is 1.59. The van der Waals surface area contributed by atoms with E-state index in [0.29, 0.717) is 22.7 Å². The van der Waals surface area contributed by atoms with Crippen molar-refractivity contribution in [2.45, 2.75) is 6.54 Å². The lowest BCUT2D eigenvalue weighted by Gasteiger charge is -2.08. The Kier molecular flexibility index (Phi) is 5.11. The van der Waals surface area contributed by atoms with Crippen LogP contribution < -0.4 is 10.6 Å². The van der Waals surface area contributed by atoms with Crippen LogP contribution in [0, 0.1) is 0 Å². The van der Waals surface area contributed by atoms with Crippen LogP contribution in [0.2, 0.25) is 0 Å². The van der Waals surface area contributed by atoms with Crippen molar-refractivity contribution >= 4 is 28.8 Å². The highest BCUT2D eigenvalue weighted by molar-refractivity contribution is 7.12. The lowest BCUT2D eigenvalue weighted by atomic mass is 10.1. The van der Waals surface area contributed by atoms with E-state index in [-0.39, 0.29) is 17.6 Å². The molecule has 3 aromatic rings. The summed E-state index contributed by atoms with van der Waals surface area (Å²) in [5.41, 5.74) is 1.72. The third-order valence-electron chi connectivity index (χ3n) is 3.57. The summed E-state index contributed by atoms with van der Waals surface area (Å²) in [4.78, 5) is 24.8. The van der Waals surface area contributed by atoms with Crippen LogP contribution in [-0.2, 0) is 6.54 Å². The minimum Gasteiger partial charge on any atom is -0.506 e. The maximum Gasteiger partial charge on any atom is 0.261 e. The average molecular weight is 352 g/mol. The third kappa shape index (κ3) is 4.24. The number of aromatic hydroxyl groups is 1. The highest BCUT2D eigenvalue weighted by Crippen LogP contribution is 2.22. The molecule has 126 valence electrons. The summed E-state index contributed by atoms with van der Waals surface area (Å²) in [5.74, 6) is -0.407. The SMILES string of the molecule is O=C(Nc1ccccc1O)c1ccc(CNC(=O)c2cccs2)cc1.